The van der Waals surface area contributed by atoms with Gasteiger partial charge in [-0.2, -0.15) is 0 Å². The molecule has 0 aromatic heterocycles. The lowest BCUT2D eigenvalue weighted by Crippen LogP contribution is -2.26. The Morgan fingerprint density at radius 3 is 2.65 bits per heavy atom. The zero-order valence-electron chi connectivity index (χ0n) is 10.9. The Morgan fingerprint density at radius 1 is 1.45 bits per heavy atom. The Bertz CT molecular complexity index is 556. The number of carboxylic acids is 1. The maximum absolute atomic E-state index is 11.9. The molecule has 0 spiro atoms. The summed E-state index contributed by atoms with van der Waals surface area (Å²) in [7, 11) is 0. The van der Waals surface area contributed by atoms with E-state index in [1.165, 1.54) is 12.1 Å². The highest BCUT2D eigenvalue weighted by Crippen LogP contribution is 2.26. The van der Waals surface area contributed by atoms with Gasteiger partial charge in [0.2, 0.25) is 0 Å². The zero-order valence-corrected chi connectivity index (χ0v) is 10.9. The van der Waals surface area contributed by atoms with Crippen molar-refractivity contribution in [3.8, 4) is 0 Å². The van der Waals surface area contributed by atoms with Crippen molar-refractivity contribution in [3.05, 3.63) is 33.4 Å². The van der Waals surface area contributed by atoms with Crippen LogP contribution in [0.3, 0.4) is 0 Å². The van der Waals surface area contributed by atoms with Gasteiger partial charge in [-0.05, 0) is 25.0 Å². The molecule has 1 aromatic rings. The van der Waals surface area contributed by atoms with Gasteiger partial charge in [0.25, 0.3) is 11.6 Å². The number of hydrogen-bond acceptors (Lipinski definition) is 5. The second-order valence-electron chi connectivity index (χ2n) is 4.26. The molecular formula is C12H15N3O5. The summed E-state index contributed by atoms with van der Waals surface area (Å²) in [5.74, 6) is -1.51. The molecule has 1 rings (SSSR count). The number of nitro groups is 1. The van der Waals surface area contributed by atoms with Gasteiger partial charge in [0.15, 0.2) is 0 Å². The molecule has 108 valence electrons. The topological polar surface area (TPSA) is 136 Å². The number of hydrogen-bond donors (Lipinski definition) is 3. The zero-order chi connectivity index (χ0) is 15.3. The van der Waals surface area contributed by atoms with E-state index in [4.69, 9.17) is 10.8 Å². The first-order valence-corrected chi connectivity index (χ1v) is 5.87. The predicted octanol–water partition coefficient (Wildman–Crippen LogP) is 1.08. The molecule has 0 bridgehead atoms. The van der Waals surface area contributed by atoms with Crippen molar-refractivity contribution in [2.75, 3.05) is 12.3 Å². The number of nitrogen functional groups attached to an aromatic ring is 1. The van der Waals surface area contributed by atoms with E-state index in [0.29, 0.717) is 5.56 Å². The van der Waals surface area contributed by atoms with Gasteiger partial charge in [-0.3, -0.25) is 19.7 Å². The first-order valence-electron chi connectivity index (χ1n) is 5.87. The van der Waals surface area contributed by atoms with Gasteiger partial charge in [0, 0.05) is 19.0 Å². The van der Waals surface area contributed by atoms with Gasteiger partial charge < -0.3 is 16.2 Å². The summed E-state index contributed by atoms with van der Waals surface area (Å²) in [6.45, 7) is 1.78. The van der Waals surface area contributed by atoms with Crippen LogP contribution in [0.1, 0.15) is 28.8 Å². The van der Waals surface area contributed by atoms with Crippen molar-refractivity contribution in [1.82, 2.24) is 5.32 Å². The molecule has 0 unspecified atom stereocenters. The third kappa shape index (κ3) is 3.94. The summed E-state index contributed by atoms with van der Waals surface area (Å²) in [5, 5.41) is 21.8. The van der Waals surface area contributed by atoms with E-state index >= 15 is 0 Å². The number of nitrogens with two attached hydrogens (primary N) is 1. The largest absolute Gasteiger partial charge is 0.481 e. The Labute approximate surface area is 114 Å². The van der Waals surface area contributed by atoms with Crippen molar-refractivity contribution < 1.29 is 19.6 Å². The molecule has 0 aliphatic rings. The summed E-state index contributed by atoms with van der Waals surface area (Å²) < 4.78 is 0. The van der Waals surface area contributed by atoms with E-state index in [0.717, 1.165) is 0 Å². The van der Waals surface area contributed by atoms with Crippen molar-refractivity contribution >= 4 is 23.3 Å². The lowest BCUT2D eigenvalue weighted by atomic mass is 10.1. The SMILES string of the molecule is Cc1cc(C(=O)NCCCC(=O)O)c(N)c([N+](=O)[O-])c1. The Morgan fingerprint density at radius 2 is 2.10 bits per heavy atom. The first-order chi connectivity index (χ1) is 9.32. The van der Waals surface area contributed by atoms with Gasteiger partial charge in [-0.1, -0.05) is 0 Å². The summed E-state index contributed by atoms with van der Waals surface area (Å²) in [5.41, 5.74) is 5.66. The van der Waals surface area contributed by atoms with Crippen LogP contribution < -0.4 is 11.1 Å². The third-order valence-electron chi connectivity index (χ3n) is 2.60. The number of anilines is 1. The molecular weight excluding hydrogens is 266 g/mol. The Balaban J connectivity index is 2.82. The fourth-order valence-electron chi connectivity index (χ4n) is 1.65. The highest BCUT2D eigenvalue weighted by atomic mass is 16.6. The van der Waals surface area contributed by atoms with Crippen molar-refractivity contribution in [1.29, 1.82) is 0 Å². The van der Waals surface area contributed by atoms with E-state index in [-0.39, 0.29) is 36.3 Å². The number of nitrogens with zero attached hydrogens (tertiary/aromatic N) is 1. The molecule has 0 aliphatic heterocycles. The van der Waals surface area contributed by atoms with Gasteiger partial charge in [0.1, 0.15) is 5.69 Å². The lowest BCUT2D eigenvalue weighted by Gasteiger charge is -2.08. The molecule has 0 heterocycles. The maximum Gasteiger partial charge on any atom is 0.303 e. The number of aryl methyl sites for hydroxylation is 1. The molecule has 1 aromatic carbocycles. The van der Waals surface area contributed by atoms with E-state index in [1.54, 1.807) is 6.92 Å². The van der Waals surface area contributed by atoms with E-state index in [1.807, 2.05) is 0 Å². The summed E-state index contributed by atoms with van der Waals surface area (Å²) in [6.07, 6.45) is 0.207. The second kappa shape index (κ2) is 6.50. The van der Waals surface area contributed by atoms with Crippen LogP contribution >= 0.6 is 0 Å². The molecule has 0 atom stereocenters. The number of carbonyl (C=O) groups excluding carboxylic acids is 1. The molecule has 0 fully saturated rings. The van der Waals surface area contributed by atoms with Crippen LogP contribution in [0.2, 0.25) is 0 Å². The lowest BCUT2D eigenvalue weighted by molar-refractivity contribution is -0.384. The number of nitrogens with one attached hydrogen (secondary N) is 1. The molecule has 8 heteroatoms. The van der Waals surface area contributed by atoms with Gasteiger partial charge in [0.05, 0.1) is 10.5 Å². The standard InChI is InChI=1S/C12H15N3O5/c1-7-5-8(11(13)9(6-7)15(19)20)12(18)14-4-2-3-10(16)17/h5-6H,2-4,13H2,1H3,(H,14,18)(H,16,17). The smallest absolute Gasteiger partial charge is 0.303 e. The minimum absolute atomic E-state index is 0.0204. The molecule has 8 nitrogen and oxygen atoms in total. The fourth-order valence-corrected chi connectivity index (χ4v) is 1.65. The quantitative estimate of drug-likeness (QED) is 0.309. The van der Waals surface area contributed by atoms with Crippen LogP contribution in [0.5, 0.6) is 0 Å². The van der Waals surface area contributed by atoms with Gasteiger partial charge >= 0.3 is 5.97 Å². The predicted molar refractivity (Wildman–Crippen MR) is 71.4 cm³/mol. The molecule has 4 N–H and O–H groups in total. The molecule has 0 aliphatic carbocycles. The average Bonchev–Trinajstić information content (AvgIpc) is 2.36. The van der Waals surface area contributed by atoms with Crippen LogP contribution in [0.25, 0.3) is 0 Å². The van der Waals surface area contributed by atoms with Crippen LogP contribution in [0, 0.1) is 17.0 Å². The normalized spacial score (nSPS) is 10.1. The number of carbonyl (C=O) groups is 2. The Hall–Kier alpha value is -2.64. The molecule has 0 saturated heterocycles. The number of benzene rings is 1. The minimum atomic E-state index is -0.954. The maximum atomic E-state index is 11.9. The number of nitro benzene ring substituents is 1. The summed E-state index contributed by atoms with van der Waals surface area (Å²) >= 11 is 0. The molecule has 0 radical (unpaired) electrons. The van der Waals surface area contributed by atoms with Gasteiger partial charge in [-0.15, -0.1) is 0 Å². The number of carboxylic acid groups (broad SMARTS) is 1. The van der Waals surface area contributed by atoms with Crippen LogP contribution in [0.4, 0.5) is 11.4 Å². The van der Waals surface area contributed by atoms with Crippen molar-refractivity contribution in [3.63, 3.8) is 0 Å². The van der Waals surface area contributed by atoms with E-state index in [9.17, 15) is 19.7 Å². The van der Waals surface area contributed by atoms with Crippen LogP contribution in [-0.2, 0) is 4.79 Å². The van der Waals surface area contributed by atoms with Crippen LogP contribution in [0.15, 0.2) is 12.1 Å². The highest BCUT2D eigenvalue weighted by molar-refractivity contribution is 6.01. The van der Waals surface area contributed by atoms with E-state index < -0.39 is 16.8 Å². The Kier molecular flexibility index (Phi) is 5.01. The average molecular weight is 281 g/mol. The number of amides is 1. The van der Waals surface area contributed by atoms with Gasteiger partial charge in [-0.25, -0.2) is 0 Å². The van der Waals surface area contributed by atoms with Crippen molar-refractivity contribution in [2.45, 2.75) is 19.8 Å². The molecule has 1 amide bonds. The molecule has 20 heavy (non-hydrogen) atoms. The summed E-state index contributed by atoms with van der Waals surface area (Å²) in [6, 6.07) is 2.74. The number of rotatable bonds is 6. The number of aliphatic carboxylic acids is 1. The third-order valence-corrected chi connectivity index (χ3v) is 2.60. The molecule has 0 saturated carbocycles. The van der Waals surface area contributed by atoms with E-state index in [2.05, 4.69) is 5.32 Å². The highest BCUT2D eigenvalue weighted by Gasteiger charge is 2.20. The first kappa shape index (κ1) is 15.4. The minimum Gasteiger partial charge on any atom is -0.481 e. The second-order valence-corrected chi connectivity index (χ2v) is 4.26. The van der Waals surface area contributed by atoms with Crippen molar-refractivity contribution in [2.24, 2.45) is 0 Å². The van der Waals surface area contributed by atoms with Crippen LogP contribution in [-0.4, -0.2) is 28.5 Å². The monoisotopic (exact) mass is 281 g/mol. The fraction of sp³-hybridized carbons (Fsp3) is 0.333. The summed E-state index contributed by atoms with van der Waals surface area (Å²) in [4.78, 5) is 32.4.